The number of halogens is 1. The van der Waals surface area contributed by atoms with E-state index in [1.807, 2.05) is 24.4 Å². The van der Waals surface area contributed by atoms with Gasteiger partial charge in [-0.1, -0.05) is 17.8 Å². The molecule has 0 fully saturated rings. The van der Waals surface area contributed by atoms with E-state index in [2.05, 4.69) is 16.9 Å². The highest BCUT2D eigenvalue weighted by Gasteiger charge is 2.19. The molecule has 1 N–H and O–H groups in total. The molecule has 8 nitrogen and oxygen atoms in total. The Balaban J connectivity index is 0.000000658. The Morgan fingerprint density at radius 3 is 2.56 bits per heavy atom. The molecule has 0 saturated heterocycles. The van der Waals surface area contributed by atoms with Crippen LogP contribution in [0.5, 0.6) is 0 Å². The second-order valence-corrected chi connectivity index (χ2v) is 9.55. The zero-order valence-corrected chi connectivity index (χ0v) is 21.6. The second kappa shape index (κ2) is 12.3. The first-order chi connectivity index (χ1) is 17.2. The van der Waals surface area contributed by atoms with Gasteiger partial charge in [-0.05, 0) is 43.3 Å². The Morgan fingerprint density at radius 2 is 1.97 bits per heavy atom. The van der Waals surface area contributed by atoms with Crippen molar-refractivity contribution in [2.24, 2.45) is 0 Å². The third kappa shape index (κ3) is 6.70. The molecule has 0 atom stereocenters. The summed E-state index contributed by atoms with van der Waals surface area (Å²) in [6.07, 6.45) is 2.36. The molecule has 1 aromatic carbocycles. The number of hydrogen-bond donors (Lipinski definition) is 1. The zero-order valence-electron chi connectivity index (χ0n) is 20.0. The van der Waals surface area contributed by atoms with E-state index in [-0.39, 0.29) is 29.6 Å². The van der Waals surface area contributed by atoms with Crippen molar-refractivity contribution in [2.75, 3.05) is 25.2 Å². The van der Waals surface area contributed by atoms with Gasteiger partial charge in [-0.15, -0.1) is 17.9 Å². The maximum atomic E-state index is 13.3. The number of thiophene rings is 1. The number of anilines is 1. The average Bonchev–Trinajstić information content (AvgIpc) is 3.47. The van der Waals surface area contributed by atoms with Crippen LogP contribution in [0, 0.1) is 12.7 Å². The quantitative estimate of drug-likeness (QED) is 0.153. The Hall–Kier alpha value is -3.70. The molecule has 36 heavy (non-hydrogen) atoms. The fourth-order valence-electron chi connectivity index (χ4n) is 3.03. The summed E-state index contributed by atoms with van der Waals surface area (Å²) in [6.45, 7) is 5.83. The first kappa shape index (κ1) is 26.9. The number of benzene rings is 1. The number of amides is 2. The van der Waals surface area contributed by atoms with Crippen LogP contribution in [0.25, 0.3) is 21.5 Å². The predicted octanol–water partition coefficient (Wildman–Crippen LogP) is 4.79. The molecular formula is C25H25FN4O4S2. The number of hydrogen-bond acceptors (Lipinski definition) is 7. The van der Waals surface area contributed by atoms with Crippen molar-refractivity contribution in [3.05, 3.63) is 76.4 Å². The summed E-state index contributed by atoms with van der Waals surface area (Å²) in [4.78, 5) is 41.6. The summed E-state index contributed by atoms with van der Waals surface area (Å²) in [6, 6.07) is 9.19. The van der Waals surface area contributed by atoms with Crippen LogP contribution in [0.15, 0.2) is 68.8 Å². The van der Waals surface area contributed by atoms with Gasteiger partial charge in [0.25, 0.3) is 5.56 Å². The first-order valence-corrected chi connectivity index (χ1v) is 12.6. The standard InChI is InChI=1S/C22H18FN3O3S2.C3H7NO/c1-3-10-26-21(28)19-16(17-9-4-13(2)29-17)11-30-20(19)25-22(26)31-12-18(27)24-15-7-5-14(23)6-8-15;1-4(2)3-5/h3-9,11H,1,10,12H2,2H3,(H,24,27);3H,1-2H3. The SMILES string of the molecule is C=CCn1c(SCC(=O)Nc2ccc(F)cc2)nc2scc(-c3ccc(C)o3)c2c1=O.CN(C)C=O. The number of thioether (sulfide) groups is 1. The molecule has 0 saturated carbocycles. The largest absolute Gasteiger partial charge is 0.461 e. The van der Waals surface area contributed by atoms with Gasteiger partial charge in [-0.3, -0.25) is 19.0 Å². The number of carbonyl (C=O) groups excluding carboxylic acids is 2. The van der Waals surface area contributed by atoms with Gasteiger partial charge in [0.2, 0.25) is 12.3 Å². The van der Waals surface area contributed by atoms with Crippen molar-refractivity contribution in [1.29, 1.82) is 0 Å². The Bertz CT molecular complexity index is 1420. The van der Waals surface area contributed by atoms with Crippen LogP contribution in [-0.2, 0) is 16.1 Å². The number of carbonyl (C=O) groups is 2. The molecule has 3 heterocycles. The summed E-state index contributed by atoms with van der Waals surface area (Å²) < 4.78 is 20.2. The van der Waals surface area contributed by atoms with Gasteiger partial charge in [0.1, 0.15) is 22.2 Å². The minimum absolute atomic E-state index is 0.0437. The first-order valence-electron chi connectivity index (χ1n) is 10.7. The zero-order chi connectivity index (χ0) is 26.2. The summed E-state index contributed by atoms with van der Waals surface area (Å²) >= 11 is 2.51. The summed E-state index contributed by atoms with van der Waals surface area (Å²) in [5.74, 6) is 0.759. The smallest absolute Gasteiger partial charge is 0.263 e. The molecule has 0 unspecified atom stereocenters. The summed E-state index contributed by atoms with van der Waals surface area (Å²) in [5, 5.41) is 5.47. The second-order valence-electron chi connectivity index (χ2n) is 7.75. The fourth-order valence-corrected chi connectivity index (χ4v) is 4.80. The minimum atomic E-state index is -0.377. The van der Waals surface area contributed by atoms with Crippen LogP contribution in [0.1, 0.15) is 5.76 Å². The van der Waals surface area contributed by atoms with Gasteiger partial charge in [-0.25, -0.2) is 9.37 Å². The molecule has 0 aliphatic heterocycles. The Kier molecular flexibility index (Phi) is 9.20. The molecular weight excluding hydrogens is 503 g/mol. The van der Waals surface area contributed by atoms with Crippen LogP contribution in [0.3, 0.4) is 0 Å². The molecule has 2 amide bonds. The van der Waals surface area contributed by atoms with Crippen LogP contribution < -0.4 is 10.9 Å². The lowest BCUT2D eigenvalue weighted by atomic mass is 10.2. The van der Waals surface area contributed by atoms with E-state index in [1.165, 1.54) is 45.1 Å². The summed E-state index contributed by atoms with van der Waals surface area (Å²) in [7, 11) is 3.38. The third-order valence-corrected chi connectivity index (χ3v) is 6.50. The van der Waals surface area contributed by atoms with Crippen LogP contribution in [0.4, 0.5) is 10.1 Å². The van der Waals surface area contributed by atoms with Gasteiger partial charge in [0.15, 0.2) is 5.16 Å². The van der Waals surface area contributed by atoms with Gasteiger partial charge in [0, 0.05) is 37.3 Å². The Labute approximate surface area is 215 Å². The molecule has 11 heteroatoms. The van der Waals surface area contributed by atoms with E-state index in [0.29, 0.717) is 32.4 Å². The predicted molar refractivity (Wildman–Crippen MR) is 142 cm³/mol. The molecule has 0 aliphatic carbocycles. The molecule has 3 aromatic heterocycles. The highest BCUT2D eigenvalue weighted by atomic mass is 32.2. The lowest BCUT2D eigenvalue weighted by Gasteiger charge is -2.10. The van der Waals surface area contributed by atoms with Gasteiger partial charge >= 0.3 is 0 Å². The lowest BCUT2D eigenvalue weighted by molar-refractivity contribution is -0.116. The van der Waals surface area contributed by atoms with Crippen molar-refractivity contribution in [1.82, 2.24) is 14.5 Å². The number of fused-ring (bicyclic) bond motifs is 1. The average molecular weight is 529 g/mol. The molecule has 0 spiro atoms. The molecule has 0 radical (unpaired) electrons. The monoisotopic (exact) mass is 528 g/mol. The van der Waals surface area contributed by atoms with Crippen molar-refractivity contribution >= 4 is 51.3 Å². The van der Waals surface area contributed by atoms with Crippen molar-refractivity contribution < 1.29 is 18.4 Å². The van der Waals surface area contributed by atoms with Crippen LogP contribution in [-0.4, -0.2) is 46.6 Å². The molecule has 188 valence electrons. The number of aryl methyl sites for hydroxylation is 1. The molecule has 4 rings (SSSR count). The highest BCUT2D eigenvalue weighted by Crippen LogP contribution is 2.33. The number of allylic oxidation sites excluding steroid dienone is 1. The third-order valence-electron chi connectivity index (χ3n) is 4.65. The normalized spacial score (nSPS) is 10.4. The van der Waals surface area contributed by atoms with Gasteiger partial charge in [-0.2, -0.15) is 0 Å². The van der Waals surface area contributed by atoms with Crippen LogP contribution >= 0.6 is 23.1 Å². The maximum absolute atomic E-state index is 13.3. The van der Waals surface area contributed by atoms with E-state index in [9.17, 15) is 18.8 Å². The van der Waals surface area contributed by atoms with E-state index in [1.54, 1.807) is 20.2 Å². The van der Waals surface area contributed by atoms with Crippen molar-refractivity contribution in [2.45, 2.75) is 18.6 Å². The van der Waals surface area contributed by atoms with E-state index >= 15 is 0 Å². The Morgan fingerprint density at radius 1 is 1.28 bits per heavy atom. The van der Waals surface area contributed by atoms with Crippen molar-refractivity contribution in [3.8, 4) is 11.3 Å². The number of aromatic nitrogens is 2. The number of nitrogens with zero attached hydrogens (tertiary/aromatic N) is 3. The number of nitrogens with one attached hydrogen (secondary N) is 1. The number of furan rings is 1. The van der Waals surface area contributed by atoms with E-state index in [0.717, 1.165) is 23.9 Å². The molecule has 0 bridgehead atoms. The van der Waals surface area contributed by atoms with Crippen LogP contribution in [0.2, 0.25) is 0 Å². The maximum Gasteiger partial charge on any atom is 0.263 e. The topological polar surface area (TPSA) is 97.4 Å². The fraction of sp³-hybridized carbons (Fsp3) is 0.200. The van der Waals surface area contributed by atoms with E-state index < -0.39 is 0 Å². The number of rotatable bonds is 8. The molecule has 4 aromatic rings. The van der Waals surface area contributed by atoms with E-state index in [4.69, 9.17) is 4.42 Å². The lowest BCUT2D eigenvalue weighted by Crippen LogP contribution is -2.23. The molecule has 0 aliphatic rings. The van der Waals surface area contributed by atoms with Crippen molar-refractivity contribution in [3.63, 3.8) is 0 Å². The van der Waals surface area contributed by atoms with Gasteiger partial charge in [0.05, 0.1) is 11.1 Å². The van der Waals surface area contributed by atoms with Gasteiger partial charge < -0.3 is 14.6 Å². The summed E-state index contributed by atoms with van der Waals surface area (Å²) in [5.41, 5.74) is 0.987. The minimum Gasteiger partial charge on any atom is -0.461 e. The highest BCUT2D eigenvalue weighted by molar-refractivity contribution is 7.99.